The molecule has 0 bridgehead atoms. The number of nitro groups is 1. The molecule has 0 saturated carbocycles. The molecule has 2 aromatic rings. The molecule has 2 rings (SSSR count). The summed E-state index contributed by atoms with van der Waals surface area (Å²) in [6, 6.07) is 6.24. The minimum Gasteiger partial charge on any atom is -0.324 e. The third kappa shape index (κ3) is 4.97. The first-order valence-corrected chi connectivity index (χ1v) is 9.31. The van der Waals surface area contributed by atoms with E-state index in [0.29, 0.717) is 15.9 Å². The van der Waals surface area contributed by atoms with Crippen LogP contribution < -0.4 is 9.62 Å². The maximum Gasteiger partial charge on any atom is 0.271 e. The molecule has 1 N–H and O–H groups in total. The minimum atomic E-state index is -3.99. The van der Waals surface area contributed by atoms with Crippen molar-refractivity contribution < 1.29 is 26.9 Å². The first-order chi connectivity index (χ1) is 12.5. The summed E-state index contributed by atoms with van der Waals surface area (Å²) < 4.78 is 51.0. The van der Waals surface area contributed by atoms with Gasteiger partial charge < -0.3 is 5.32 Å². The fourth-order valence-electron chi connectivity index (χ4n) is 2.22. The summed E-state index contributed by atoms with van der Waals surface area (Å²) in [6.07, 6.45) is 0.806. The maximum atomic E-state index is 13.4. The molecule has 0 aliphatic carbocycles. The molecule has 0 saturated heterocycles. The van der Waals surface area contributed by atoms with Gasteiger partial charge in [-0.3, -0.25) is 19.2 Å². The molecule has 0 fully saturated rings. The average molecular weight is 399 g/mol. The number of rotatable bonds is 6. The van der Waals surface area contributed by atoms with E-state index in [1.807, 2.05) is 0 Å². The number of halogens is 2. The fourth-order valence-corrected chi connectivity index (χ4v) is 3.07. The smallest absolute Gasteiger partial charge is 0.271 e. The van der Waals surface area contributed by atoms with E-state index in [9.17, 15) is 32.1 Å². The van der Waals surface area contributed by atoms with Crippen LogP contribution in [0.15, 0.2) is 36.4 Å². The van der Waals surface area contributed by atoms with E-state index in [2.05, 4.69) is 5.32 Å². The molecule has 0 aliphatic heterocycles. The van der Waals surface area contributed by atoms with Crippen LogP contribution in [-0.4, -0.2) is 32.0 Å². The monoisotopic (exact) mass is 399 g/mol. The van der Waals surface area contributed by atoms with Crippen LogP contribution in [0.25, 0.3) is 0 Å². The Morgan fingerprint density at radius 3 is 2.41 bits per heavy atom. The molecule has 0 heterocycles. The minimum absolute atomic E-state index is 0.132. The molecule has 0 radical (unpaired) electrons. The molecular formula is C16H15F2N3O5S. The number of carbonyl (C=O) groups excluding carboxylic acids is 1. The van der Waals surface area contributed by atoms with Crippen LogP contribution in [0, 0.1) is 28.7 Å². The van der Waals surface area contributed by atoms with Crippen molar-refractivity contribution in [1.82, 2.24) is 0 Å². The van der Waals surface area contributed by atoms with E-state index in [1.54, 1.807) is 6.92 Å². The van der Waals surface area contributed by atoms with Crippen LogP contribution in [0.3, 0.4) is 0 Å². The molecule has 11 heteroatoms. The van der Waals surface area contributed by atoms with E-state index >= 15 is 0 Å². The quantitative estimate of drug-likeness (QED) is 0.593. The molecule has 8 nitrogen and oxygen atoms in total. The van der Waals surface area contributed by atoms with Gasteiger partial charge in [-0.1, -0.05) is 6.07 Å². The van der Waals surface area contributed by atoms with E-state index < -0.39 is 39.0 Å². The van der Waals surface area contributed by atoms with Gasteiger partial charge in [0.1, 0.15) is 6.54 Å². The summed E-state index contributed by atoms with van der Waals surface area (Å²) >= 11 is 0. The van der Waals surface area contributed by atoms with E-state index in [4.69, 9.17) is 0 Å². The topological polar surface area (TPSA) is 110 Å². The summed E-state index contributed by atoms with van der Waals surface area (Å²) in [7, 11) is -3.99. The number of sulfonamides is 1. The van der Waals surface area contributed by atoms with Crippen molar-refractivity contribution in [2.45, 2.75) is 6.92 Å². The molecule has 0 spiro atoms. The standard InChI is InChI=1S/C16H15F2N3O5S/c1-10-3-4-12(21(23)24)8-15(10)19-16(22)9-20(27(2,25)26)11-5-6-13(17)14(18)7-11/h3-8H,9H2,1-2H3,(H,19,22). The number of amides is 1. The number of aryl methyl sites for hydroxylation is 1. The summed E-state index contributed by atoms with van der Waals surface area (Å²) in [5.41, 5.74) is 0.166. The van der Waals surface area contributed by atoms with Gasteiger partial charge in [-0.2, -0.15) is 0 Å². The Bertz CT molecular complexity index is 1010. The second-order valence-electron chi connectivity index (χ2n) is 5.67. The SMILES string of the molecule is Cc1ccc([N+](=O)[O-])cc1NC(=O)CN(c1ccc(F)c(F)c1)S(C)(=O)=O. The van der Waals surface area contributed by atoms with E-state index in [-0.39, 0.29) is 17.1 Å². The highest BCUT2D eigenvalue weighted by Crippen LogP contribution is 2.23. The van der Waals surface area contributed by atoms with Crippen molar-refractivity contribution >= 4 is 33.0 Å². The molecule has 0 unspecified atom stereocenters. The predicted molar refractivity (Wildman–Crippen MR) is 95.0 cm³/mol. The lowest BCUT2D eigenvalue weighted by molar-refractivity contribution is -0.384. The number of anilines is 2. The van der Waals surface area contributed by atoms with Gasteiger partial charge in [0.05, 0.1) is 22.6 Å². The Labute approximate surface area is 153 Å². The fraction of sp³-hybridized carbons (Fsp3) is 0.188. The lowest BCUT2D eigenvalue weighted by Gasteiger charge is -2.22. The zero-order chi connectivity index (χ0) is 20.4. The van der Waals surface area contributed by atoms with Gasteiger partial charge in [-0.25, -0.2) is 17.2 Å². The Kier molecular flexibility index (Phi) is 5.74. The normalized spacial score (nSPS) is 11.1. The number of nitrogens with one attached hydrogen (secondary N) is 1. The summed E-state index contributed by atoms with van der Waals surface area (Å²) in [5, 5.41) is 13.2. The van der Waals surface area contributed by atoms with Crippen molar-refractivity contribution in [3.8, 4) is 0 Å². The van der Waals surface area contributed by atoms with Gasteiger partial charge in [0.15, 0.2) is 11.6 Å². The third-order valence-corrected chi connectivity index (χ3v) is 4.73. The van der Waals surface area contributed by atoms with Crippen molar-refractivity contribution in [3.63, 3.8) is 0 Å². The molecule has 0 atom stereocenters. The summed E-state index contributed by atoms with van der Waals surface area (Å²) in [5.74, 6) is -3.24. The van der Waals surface area contributed by atoms with Crippen LogP contribution >= 0.6 is 0 Å². The highest BCUT2D eigenvalue weighted by Gasteiger charge is 2.22. The van der Waals surface area contributed by atoms with E-state index in [0.717, 1.165) is 24.5 Å². The number of nitro benzene ring substituents is 1. The Balaban J connectivity index is 2.28. The van der Waals surface area contributed by atoms with Gasteiger partial charge in [-0.05, 0) is 24.6 Å². The number of hydrogen-bond donors (Lipinski definition) is 1. The molecule has 2 aromatic carbocycles. The number of carbonyl (C=O) groups is 1. The number of benzene rings is 2. The molecular weight excluding hydrogens is 384 g/mol. The molecule has 144 valence electrons. The lowest BCUT2D eigenvalue weighted by Crippen LogP contribution is -2.37. The maximum absolute atomic E-state index is 13.4. The van der Waals surface area contributed by atoms with Gasteiger partial charge in [-0.15, -0.1) is 0 Å². The second kappa shape index (κ2) is 7.66. The highest BCUT2D eigenvalue weighted by atomic mass is 32.2. The molecule has 1 amide bonds. The number of non-ortho nitro benzene ring substituents is 1. The third-order valence-electron chi connectivity index (χ3n) is 3.58. The van der Waals surface area contributed by atoms with Crippen molar-refractivity contribution in [2.75, 3.05) is 22.4 Å². The number of nitrogens with zero attached hydrogens (tertiary/aromatic N) is 2. The highest BCUT2D eigenvalue weighted by molar-refractivity contribution is 7.92. The summed E-state index contributed by atoms with van der Waals surface area (Å²) in [4.78, 5) is 22.5. The Hall–Kier alpha value is -3.08. The molecule has 27 heavy (non-hydrogen) atoms. The van der Waals surface area contributed by atoms with Crippen molar-refractivity contribution in [1.29, 1.82) is 0 Å². The van der Waals surface area contributed by atoms with Gasteiger partial charge in [0, 0.05) is 18.2 Å². The van der Waals surface area contributed by atoms with Crippen LogP contribution in [0.5, 0.6) is 0 Å². The second-order valence-corrected chi connectivity index (χ2v) is 7.58. The van der Waals surface area contributed by atoms with Gasteiger partial charge in [0.2, 0.25) is 15.9 Å². The molecule has 0 aliphatic rings. The molecule has 0 aromatic heterocycles. The van der Waals surface area contributed by atoms with Crippen molar-refractivity contribution in [2.24, 2.45) is 0 Å². The first kappa shape index (κ1) is 20.2. The van der Waals surface area contributed by atoms with Gasteiger partial charge in [0.25, 0.3) is 5.69 Å². The lowest BCUT2D eigenvalue weighted by atomic mass is 10.2. The van der Waals surface area contributed by atoms with Crippen LogP contribution in [0.2, 0.25) is 0 Å². The first-order valence-electron chi connectivity index (χ1n) is 7.46. The zero-order valence-electron chi connectivity index (χ0n) is 14.3. The van der Waals surface area contributed by atoms with Crippen LogP contribution in [0.4, 0.5) is 25.8 Å². The van der Waals surface area contributed by atoms with Crippen LogP contribution in [-0.2, 0) is 14.8 Å². The van der Waals surface area contributed by atoms with Crippen LogP contribution in [0.1, 0.15) is 5.56 Å². The number of hydrogen-bond acceptors (Lipinski definition) is 5. The zero-order valence-corrected chi connectivity index (χ0v) is 15.1. The largest absolute Gasteiger partial charge is 0.324 e. The van der Waals surface area contributed by atoms with Gasteiger partial charge >= 0.3 is 0 Å². The predicted octanol–water partition coefficient (Wildman–Crippen LogP) is 2.59. The Morgan fingerprint density at radius 2 is 1.85 bits per heavy atom. The Morgan fingerprint density at radius 1 is 1.19 bits per heavy atom. The van der Waals surface area contributed by atoms with E-state index in [1.165, 1.54) is 12.1 Å². The average Bonchev–Trinajstić information content (AvgIpc) is 2.56. The van der Waals surface area contributed by atoms with Crippen molar-refractivity contribution in [3.05, 3.63) is 63.7 Å². The summed E-state index contributed by atoms with van der Waals surface area (Å²) in [6.45, 7) is 0.870.